The molecule has 0 aromatic rings. The first-order chi connectivity index (χ1) is 22.5. The Morgan fingerprint density at radius 3 is 1.37 bits per heavy atom. The number of amides is 1. The molecular formula is C40H77NO5. The molecule has 1 amide bonds. The van der Waals surface area contributed by atoms with Gasteiger partial charge in [-0.25, -0.2) is 0 Å². The fourth-order valence-corrected chi connectivity index (χ4v) is 5.96. The summed E-state index contributed by atoms with van der Waals surface area (Å²) in [7, 11) is 0. The molecule has 0 aliphatic carbocycles. The van der Waals surface area contributed by atoms with Gasteiger partial charge in [-0.05, 0) is 44.9 Å². The Morgan fingerprint density at radius 2 is 0.935 bits per heavy atom. The van der Waals surface area contributed by atoms with Crippen molar-refractivity contribution in [3.05, 3.63) is 24.3 Å². The second-order valence-electron chi connectivity index (χ2n) is 13.6. The minimum absolute atomic E-state index is 0.362. The molecule has 0 bridgehead atoms. The highest BCUT2D eigenvalue weighted by Gasteiger charge is 2.28. The molecule has 0 aliphatic rings. The van der Waals surface area contributed by atoms with Crippen molar-refractivity contribution in [2.24, 2.45) is 0 Å². The van der Waals surface area contributed by atoms with Gasteiger partial charge < -0.3 is 25.7 Å². The van der Waals surface area contributed by atoms with Crippen LogP contribution in [0.4, 0.5) is 0 Å². The summed E-state index contributed by atoms with van der Waals surface area (Å²) in [6, 6.07) is -0.983. The molecule has 0 radical (unpaired) electrons. The molecule has 46 heavy (non-hydrogen) atoms. The fraction of sp³-hybridized carbons (Fsp3) is 0.875. The van der Waals surface area contributed by atoms with E-state index in [4.69, 9.17) is 0 Å². The molecule has 0 aliphatic heterocycles. The summed E-state index contributed by atoms with van der Waals surface area (Å²) in [5.74, 6) is -0.593. The lowest BCUT2D eigenvalue weighted by atomic mass is 9.99. The molecule has 5 N–H and O–H groups in total. The van der Waals surface area contributed by atoms with E-state index in [9.17, 15) is 25.2 Å². The summed E-state index contributed by atoms with van der Waals surface area (Å²) in [4.78, 5) is 12.4. The maximum Gasteiger partial charge on any atom is 0.249 e. The normalized spacial score (nSPS) is 14.7. The molecule has 4 unspecified atom stereocenters. The molecule has 6 heteroatoms. The summed E-state index contributed by atoms with van der Waals surface area (Å²) in [5, 5.41) is 43.1. The van der Waals surface area contributed by atoms with E-state index in [1.54, 1.807) is 0 Å². The van der Waals surface area contributed by atoms with Crippen molar-refractivity contribution in [3.8, 4) is 0 Å². The SMILES string of the molecule is CCCCCCCCCCC/C=C\C/C=C\CCCCCCCCCCC(O)C(=O)NC(CO)C(O)C(O)CCCCCCCC. The average Bonchev–Trinajstić information content (AvgIpc) is 3.06. The van der Waals surface area contributed by atoms with E-state index in [1.165, 1.54) is 116 Å². The van der Waals surface area contributed by atoms with Crippen molar-refractivity contribution in [3.63, 3.8) is 0 Å². The summed E-state index contributed by atoms with van der Waals surface area (Å²) in [6.07, 6.45) is 38.1. The Labute approximate surface area is 284 Å². The van der Waals surface area contributed by atoms with Crippen LogP contribution >= 0.6 is 0 Å². The number of aliphatic hydroxyl groups is 4. The number of carbonyl (C=O) groups is 1. The van der Waals surface area contributed by atoms with Gasteiger partial charge in [0.05, 0.1) is 18.8 Å². The summed E-state index contributed by atoms with van der Waals surface area (Å²) in [6.45, 7) is 3.96. The van der Waals surface area contributed by atoms with Crippen LogP contribution in [0.1, 0.15) is 194 Å². The van der Waals surface area contributed by atoms with Gasteiger partial charge in [-0.3, -0.25) is 4.79 Å². The Bertz CT molecular complexity index is 697. The van der Waals surface area contributed by atoms with Gasteiger partial charge in [0, 0.05) is 0 Å². The van der Waals surface area contributed by atoms with E-state index in [2.05, 4.69) is 43.5 Å². The van der Waals surface area contributed by atoms with Gasteiger partial charge in [0.1, 0.15) is 12.2 Å². The number of unbranched alkanes of at least 4 members (excludes halogenated alkanes) is 22. The minimum Gasteiger partial charge on any atom is -0.394 e. The van der Waals surface area contributed by atoms with Crippen LogP contribution in [0.3, 0.4) is 0 Å². The number of rotatable bonds is 35. The van der Waals surface area contributed by atoms with E-state index in [0.717, 1.165) is 51.4 Å². The molecule has 6 nitrogen and oxygen atoms in total. The van der Waals surface area contributed by atoms with E-state index >= 15 is 0 Å². The quantitative estimate of drug-likeness (QED) is 0.0346. The molecule has 0 saturated carbocycles. The van der Waals surface area contributed by atoms with Crippen molar-refractivity contribution in [2.45, 2.75) is 218 Å². The third-order valence-corrected chi connectivity index (χ3v) is 9.17. The van der Waals surface area contributed by atoms with E-state index in [0.29, 0.717) is 12.8 Å². The number of carbonyl (C=O) groups excluding carboxylic acids is 1. The van der Waals surface area contributed by atoms with Crippen molar-refractivity contribution >= 4 is 5.91 Å². The molecule has 0 fully saturated rings. The minimum atomic E-state index is -1.26. The number of allylic oxidation sites excluding steroid dienone is 4. The van der Waals surface area contributed by atoms with Crippen LogP contribution in [0, 0.1) is 0 Å². The monoisotopic (exact) mass is 652 g/mol. The second kappa shape index (κ2) is 35.1. The van der Waals surface area contributed by atoms with Gasteiger partial charge in [0.2, 0.25) is 5.91 Å². The van der Waals surface area contributed by atoms with Gasteiger partial charge in [0.15, 0.2) is 0 Å². The first-order valence-corrected chi connectivity index (χ1v) is 19.7. The Morgan fingerprint density at radius 1 is 0.543 bits per heavy atom. The molecule has 0 spiro atoms. The summed E-state index contributed by atoms with van der Waals surface area (Å²) < 4.78 is 0. The molecule has 0 saturated heterocycles. The van der Waals surface area contributed by atoms with Crippen molar-refractivity contribution < 1.29 is 25.2 Å². The first-order valence-electron chi connectivity index (χ1n) is 19.7. The third-order valence-electron chi connectivity index (χ3n) is 9.17. The molecule has 0 rings (SSSR count). The van der Waals surface area contributed by atoms with Crippen LogP contribution in [0.2, 0.25) is 0 Å². The molecular weight excluding hydrogens is 574 g/mol. The smallest absolute Gasteiger partial charge is 0.249 e. The lowest BCUT2D eigenvalue weighted by Crippen LogP contribution is -2.53. The van der Waals surface area contributed by atoms with Crippen LogP contribution in [0.5, 0.6) is 0 Å². The molecule has 272 valence electrons. The summed E-state index contributed by atoms with van der Waals surface area (Å²) in [5.41, 5.74) is 0. The predicted octanol–water partition coefficient (Wildman–Crippen LogP) is 9.62. The lowest BCUT2D eigenvalue weighted by molar-refractivity contribution is -0.132. The van der Waals surface area contributed by atoms with Gasteiger partial charge in [-0.1, -0.05) is 173 Å². The zero-order chi connectivity index (χ0) is 33.9. The van der Waals surface area contributed by atoms with Gasteiger partial charge in [0.25, 0.3) is 0 Å². The zero-order valence-corrected chi connectivity index (χ0v) is 30.3. The zero-order valence-electron chi connectivity index (χ0n) is 30.3. The van der Waals surface area contributed by atoms with Crippen molar-refractivity contribution in [1.29, 1.82) is 0 Å². The maximum atomic E-state index is 12.4. The van der Waals surface area contributed by atoms with Crippen LogP contribution in [-0.2, 0) is 4.79 Å². The number of hydrogen-bond acceptors (Lipinski definition) is 5. The topological polar surface area (TPSA) is 110 Å². The molecule has 0 heterocycles. The van der Waals surface area contributed by atoms with Gasteiger partial charge in [-0.2, -0.15) is 0 Å². The van der Waals surface area contributed by atoms with Gasteiger partial charge >= 0.3 is 0 Å². The number of hydrogen-bond donors (Lipinski definition) is 5. The van der Waals surface area contributed by atoms with Crippen LogP contribution in [0.15, 0.2) is 24.3 Å². The summed E-state index contributed by atoms with van der Waals surface area (Å²) >= 11 is 0. The number of aliphatic hydroxyl groups excluding tert-OH is 4. The maximum absolute atomic E-state index is 12.4. The van der Waals surface area contributed by atoms with Crippen LogP contribution in [-0.4, -0.2) is 57.3 Å². The standard InChI is InChI=1S/C40H77NO5/c1-3-5-7-9-11-12-13-14-15-16-17-18-19-20-21-22-23-24-25-26-27-28-30-32-34-38(44)40(46)41-36(35-42)39(45)37(43)33-31-29-10-8-6-4-2/h17-18,20-21,36-39,42-45H,3-16,19,22-35H2,1-2H3,(H,41,46)/b18-17-,21-20-. The first kappa shape index (κ1) is 44.8. The Hall–Kier alpha value is -1.21. The van der Waals surface area contributed by atoms with E-state index in [-0.39, 0.29) is 0 Å². The molecule has 4 atom stereocenters. The van der Waals surface area contributed by atoms with Crippen molar-refractivity contribution in [2.75, 3.05) is 6.61 Å². The Balaban J connectivity index is 3.67. The van der Waals surface area contributed by atoms with Crippen molar-refractivity contribution in [1.82, 2.24) is 5.32 Å². The average molecular weight is 652 g/mol. The third kappa shape index (κ3) is 29.0. The van der Waals surface area contributed by atoms with Crippen LogP contribution < -0.4 is 5.32 Å². The largest absolute Gasteiger partial charge is 0.394 e. The van der Waals surface area contributed by atoms with E-state index < -0.39 is 36.9 Å². The predicted molar refractivity (Wildman–Crippen MR) is 196 cm³/mol. The van der Waals surface area contributed by atoms with Gasteiger partial charge in [-0.15, -0.1) is 0 Å². The highest BCUT2D eigenvalue weighted by atomic mass is 16.3. The lowest BCUT2D eigenvalue weighted by Gasteiger charge is -2.27. The fourth-order valence-electron chi connectivity index (χ4n) is 5.96. The number of nitrogens with one attached hydrogen (secondary N) is 1. The Kier molecular flexibility index (Phi) is 34.2. The molecule has 0 aromatic heterocycles. The van der Waals surface area contributed by atoms with E-state index in [1.807, 2.05) is 0 Å². The second-order valence-corrected chi connectivity index (χ2v) is 13.6. The molecule has 0 aromatic carbocycles. The van der Waals surface area contributed by atoms with Crippen LogP contribution in [0.25, 0.3) is 0 Å². The highest BCUT2D eigenvalue weighted by molar-refractivity contribution is 5.80. The highest BCUT2D eigenvalue weighted by Crippen LogP contribution is 2.15.